The van der Waals surface area contributed by atoms with E-state index in [0.29, 0.717) is 11.5 Å². The van der Waals surface area contributed by atoms with Gasteiger partial charge in [0.2, 0.25) is 11.2 Å². The van der Waals surface area contributed by atoms with Crippen LogP contribution >= 0.6 is 0 Å². The molecule has 0 fully saturated rings. The SMILES string of the molecule is COc1ccc(Oc2oc3cc(O)cc(OC)c3c(=O)c2OC)cc1. The van der Waals surface area contributed by atoms with E-state index < -0.39 is 5.43 Å². The highest BCUT2D eigenvalue weighted by molar-refractivity contribution is 5.86. The minimum absolute atomic E-state index is 0.104. The Balaban J connectivity index is 2.15. The maximum absolute atomic E-state index is 12.7. The predicted octanol–water partition coefficient (Wildman–Crippen LogP) is 3.32. The number of benzene rings is 2. The van der Waals surface area contributed by atoms with Gasteiger partial charge in [0.05, 0.1) is 21.3 Å². The van der Waals surface area contributed by atoms with Crippen molar-refractivity contribution in [3.63, 3.8) is 0 Å². The molecule has 7 nitrogen and oxygen atoms in total. The highest BCUT2D eigenvalue weighted by Crippen LogP contribution is 2.36. The zero-order valence-electron chi connectivity index (χ0n) is 13.9. The third-order valence-corrected chi connectivity index (χ3v) is 3.57. The smallest absolute Gasteiger partial charge is 0.338 e. The number of hydrogen-bond acceptors (Lipinski definition) is 7. The van der Waals surface area contributed by atoms with Crippen LogP contribution in [0.25, 0.3) is 11.0 Å². The third kappa shape index (κ3) is 3.03. The molecule has 0 unspecified atom stereocenters. The lowest BCUT2D eigenvalue weighted by Crippen LogP contribution is -2.08. The Morgan fingerprint density at radius 2 is 1.60 bits per heavy atom. The second-order valence-electron chi connectivity index (χ2n) is 5.05. The lowest BCUT2D eigenvalue weighted by atomic mass is 10.2. The molecular weight excluding hydrogens is 328 g/mol. The van der Waals surface area contributed by atoms with Crippen LogP contribution in [0.3, 0.4) is 0 Å². The minimum atomic E-state index is -0.468. The molecule has 130 valence electrons. The number of aromatic hydroxyl groups is 1. The average molecular weight is 344 g/mol. The van der Waals surface area contributed by atoms with Crippen molar-refractivity contribution in [1.82, 2.24) is 0 Å². The largest absolute Gasteiger partial charge is 0.508 e. The molecule has 0 saturated heterocycles. The van der Waals surface area contributed by atoms with Crippen molar-refractivity contribution in [2.75, 3.05) is 21.3 Å². The summed E-state index contributed by atoms with van der Waals surface area (Å²) in [6, 6.07) is 9.35. The molecule has 3 aromatic rings. The van der Waals surface area contributed by atoms with Crippen molar-refractivity contribution in [1.29, 1.82) is 0 Å². The average Bonchev–Trinajstić information content (AvgIpc) is 2.61. The fourth-order valence-electron chi connectivity index (χ4n) is 2.39. The Hall–Kier alpha value is -3.35. The third-order valence-electron chi connectivity index (χ3n) is 3.57. The summed E-state index contributed by atoms with van der Waals surface area (Å²) in [6.45, 7) is 0. The molecule has 0 aliphatic heterocycles. The van der Waals surface area contributed by atoms with Crippen LogP contribution in [0.1, 0.15) is 0 Å². The van der Waals surface area contributed by atoms with E-state index in [2.05, 4.69) is 0 Å². The van der Waals surface area contributed by atoms with Gasteiger partial charge in [-0.05, 0) is 24.3 Å². The molecule has 0 aliphatic carbocycles. The van der Waals surface area contributed by atoms with Crippen LogP contribution in [0.15, 0.2) is 45.6 Å². The van der Waals surface area contributed by atoms with E-state index in [1.165, 1.54) is 26.4 Å². The van der Waals surface area contributed by atoms with Crippen LogP contribution in [0.2, 0.25) is 0 Å². The van der Waals surface area contributed by atoms with Crippen LogP contribution < -0.4 is 24.4 Å². The van der Waals surface area contributed by atoms with Crippen molar-refractivity contribution in [3.8, 4) is 34.7 Å². The fraction of sp³-hybridized carbons (Fsp3) is 0.167. The summed E-state index contributed by atoms with van der Waals surface area (Å²) in [6.07, 6.45) is 0. The van der Waals surface area contributed by atoms with Crippen molar-refractivity contribution in [2.45, 2.75) is 0 Å². The molecule has 0 amide bonds. The molecule has 1 N–H and O–H groups in total. The summed E-state index contributed by atoms with van der Waals surface area (Å²) in [5, 5.41) is 9.92. The van der Waals surface area contributed by atoms with Gasteiger partial charge in [0.25, 0.3) is 0 Å². The molecule has 2 aromatic carbocycles. The summed E-state index contributed by atoms with van der Waals surface area (Å²) < 4.78 is 26.6. The van der Waals surface area contributed by atoms with Crippen LogP contribution in [-0.4, -0.2) is 26.4 Å². The molecule has 0 saturated carbocycles. The Kier molecular flexibility index (Phi) is 4.38. The number of methoxy groups -OCH3 is 3. The Labute approximate surface area is 142 Å². The molecule has 3 rings (SSSR count). The molecule has 0 bridgehead atoms. The summed E-state index contributed by atoms with van der Waals surface area (Å²) in [5.74, 6) is 0.930. The van der Waals surface area contributed by atoms with Gasteiger partial charge >= 0.3 is 5.95 Å². The molecule has 7 heteroatoms. The summed E-state index contributed by atoms with van der Waals surface area (Å²) in [4.78, 5) is 12.7. The number of phenols is 1. The number of rotatable bonds is 5. The van der Waals surface area contributed by atoms with Gasteiger partial charge in [0, 0.05) is 12.1 Å². The van der Waals surface area contributed by atoms with E-state index in [9.17, 15) is 9.90 Å². The van der Waals surface area contributed by atoms with Crippen molar-refractivity contribution >= 4 is 11.0 Å². The number of hydrogen-bond donors (Lipinski definition) is 1. The first-order chi connectivity index (χ1) is 12.1. The van der Waals surface area contributed by atoms with E-state index in [1.54, 1.807) is 31.4 Å². The summed E-state index contributed by atoms with van der Waals surface area (Å²) >= 11 is 0. The first-order valence-electron chi connectivity index (χ1n) is 7.31. The van der Waals surface area contributed by atoms with Crippen LogP contribution in [-0.2, 0) is 0 Å². The van der Waals surface area contributed by atoms with Crippen molar-refractivity contribution < 1.29 is 28.5 Å². The highest BCUT2D eigenvalue weighted by Gasteiger charge is 2.21. The van der Waals surface area contributed by atoms with Crippen LogP contribution in [0.5, 0.6) is 34.7 Å². The molecule has 1 aromatic heterocycles. The first kappa shape index (κ1) is 16.5. The molecule has 0 atom stereocenters. The molecule has 0 spiro atoms. The Morgan fingerprint density at radius 3 is 2.20 bits per heavy atom. The van der Waals surface area contributed by atoms with Gasteiger partial charge in [-0.2, -0.15) is 0 Å². The maximum Gasteiger partial charge on any atom is 0.338 e. The Morgan fingerprint density at radius 1 is 0.920 bits per heavy atom. The van der Waals surface area contributed by atoms with Gasteiger partial charge in [-0.15, -0.1) is 0 Å². The summed E-state index contributed by atoms with van der Waals surface area (Å²) in [7, 11) is 4.29. The predicted molar refractivity (Wildman–Crippen MR) is 90.3 cm³/mol. The van der Waals surface area contributed by atoms with E-state index in [4.69, 9.17) is 23.4 Å². The van der Waals surface area contributed by atoms with E-state index in [0.717, 1.165) is 0 Å². The van der Waals surface area contributed by atoms with Crippen molar-refractivity contribution in [2.24, 2.45) is 0 Å². The lowest BCUT2D eigenvalue weighted by molar-refractivity contribution is 0.304. The second-order valence-corrected chi connectivity index (χ2v) is 5.05. The highest BCUT2D eigenvalue weighted by atomic mass is 16.6. The zero-order valence-corrected chi connectivity index (χ0v) is 13.9. The second kappa shape index (κ2) is 6.64. The van der Waals surface area contributed by atoms with Gasteiger partial charge in [-0.3, -0.25) is 4.79 Å². The van der Waals surface area contributed by atoms with E-state index >= 15 is 0 Å². The normalized spacial score (nSPS) is 10.5. The standard InChI is InChI=1S/C18H16O7/c1-21-11-4-6-12(7-5-11)24-18-17(23-3)16(20)15-13(22-2)8-10(19)9-14(15)25-18/h4-9,19H,1-3H3. The van der Waals surface area contributed by atoms with Crippen molar-refractivity contribution in [3.05, 3.63) is 46.6 Å². The van der Waals surface area contributed by atoms with Gasteiger partial charge in [-0.1, -0.05) is 0 Å². The van der Waals surface area contributed by atoms with Gasteiger partial charge in [-0.25, -0.2) is 0 Å². The zero-order chi connectivity index (χ0) is 18.0. The molecule has 1 heterocycles. The maximum atomic E-state index is 12.7. The Bertz CT molecular complexity index is 958. The van der Waals surface area contributed by atoms with Gasteiger partial charge < -0.3 is 28.5 Å². The monoisotopic (exact) mass is 344 g/mol. The molecule has 25 heavy (non-hydrogen) atoms. The van der Waals surface area contributed by atoms with Crippen LogP contribution in [0, 0.1) is 0 Å². The molecule has 0 aliphatic rings. The topological polar surface area (TPSA) is 87.4 Å². The van der Waals surface area contributed by atoms with E-state index in [1.807, 2.05) is 0 Å². The van der Waals surface area contributed by atoms with Crippen LogP contribution in [0.4, 0.5) is 0 Å². The number of phenolic OH excluding ortho intramolecular Hbond substituents is 1. The lowest BCUT2D eigenvalue weighted by Gasteiger charge is -2.12. The molecule has 0 radical (unpaired) electrons. The molecular formula is C18H16O7. The number of ether oxygens (including phenoxy) is 4. The summed E-state index contributed by atoms with van der Waals surface area (Å²) in [5.41, 5.74) is -0.352. The quantitative estimate of drug-likeness (QED) is 0.759. The van der Waals surface area contributed by atoms with Gasteiger partial charge in [0.1, 0.15) is 34.0 Å². The number of fused-ring (bicyclic) bond motifs is 1. The van der Waals surface area contributed by atoms with E-state index in [-0.39, 0.29) is 34.2 Å². The first-order valence-corrected chi connectivity index (χ1v) is 7.31. The fourth-order valence-corrected chi connectivity index (χ4v) is 2.39. The minimum Gasteiger partial charge on any atom is -0.508 e. The van der Waals surface area contributed by atoms with Gasteiger partial charge in [0.15, 0.2) is 0 Å².